The zero-order valence-corrected chi connectivity index (χ0v) is 39.9. The number of rotatable bonds is 0. The second-order valence-corrected chi connectivity index (χ2v) is 7.16. The maximum absolute atomic E-state index is 3.78. The Morgan fingerprint density at radius 1 is 0.538 bits per heavy atom. The van der Waals surface area contributed by atoms with Crippen LogP contribution in [0, 0.1) is 47.5 Å². The van der Waals surface area contributed by atoms with Crippen molar-refractivity contribution in [2.24, 2.45) is 49.3 Å². The monoisotopic (exact) mass is 980 g/mol. The smallest absolute Gasteiger partial charge is 0.137 e. The Kier molecular flexibility index (Phi) is 73.7. The van der Waals surface area contributed by atoms with Gasteiger partial charge in [0.1, 0.15) is 12.7 Å². The van der Waals surface area contributed by atoms with Crippen molar-refractivity contribution < 1.29 is 130 Å². The van der Waals surface area contributed by atoms with Crippen LogP contribution in [0.5, 0.6) is 0 Å². The summed E-state index contributed by atoms with van der Waals surface area (Å²) in [5, 5.41) is 45.1. The van der Waals surface area contributed by atoms with Gasteiger partial charge in [0.05, 0.1) is 12.5 Å². The molecule has 0 aliphatic heterocycles. The van der Waals surface area contributed by atoms with Gasteiger partial charge in [0.15, 0.2) is 0 Å². The molecular weight excluding hydrogens is 941 g/mol. The Morgan fingerprint density at radius 3 is 1.35 bits per heavy atom. The van der Waals surface area contributed by atoms with Gasteiger partial charge >= 0.3 is 0 Å². The Bertz CT molecular complexity index is 1120. The molecule has 0 spiro atoms. The van der Waals surface area contributed by atoms with Gasteiger partial charge < -0.3 is 62.7 Å². The van der Waals surface area contributed by atoms with Crippen molar-refractivity contribution in [2.75, 3.05) is 0 Å². The molecule has 22 nitrogen and oxygen atoms in total. The number of hydrogen-bond acceptors (Lipinski definition) is 15. The molecule has 0 bridgehead atoms. The van der Waals surface area contributed by atoms with Crippen molar-refractivity contribution in [3.05, 3.63) is 104 Å². The van der Waals surface area contributed by atoms with Crippen LogP contribution in [0.2, 0.25) is 0 Å². The maximum Gasteiger partial charge on any atom is 0.137 e. The van der Waals surface area contributed by atoms with Crippen molar-refractivity contribution in [1.29, 1.82) is 0 Å². The summed E-state index contributed by atoms with van der Waals surface area (Å²) in [6, 6.07) is 0. The molecule has 7 aromatic heterocycles. The molecule has 0 saturated heterocycles. The first-order valence-electron chi connectivity index (χ1n) is 11.4. The zero-order valence-electron chi connectivity index (χ0n) is 30.2. The van der Waals surface area contributed by atoms with Crippen LogP contribution in [-0.4, -0.2) is 109 Å². The third-order valence-corrected chi connectivity index (χ3v) is 3.50. The van der Waals surface area contributed by atoms with Crippen LogP contribution in [0.3, 0.4) is 0 Å². The van der Waals surface area contributed by atoms with E-state index in [2.05, 4.69) is 102 Å². The van der Waals surface area contributed by atoms with Crippen LogP contribution >= 0.6 is 0 Å². The number of hydrogen-bond donors (Lipinski definition) is 0. The third-order valence-electron chi connectivity index (χ3n) is 3.50. The van der Waals surface area contributed by atoms with Crippen molar-refractivity contribution in [1.82, 2.24) is 109 Å². The minimum atomic E-state index is 0. The summed E-state index contributed by atoms with van der Waals surface area (Å²) in [4.78, 5) is 10.2. The average molecular weight is 980 g/mol. The summed E-state index contributed by atoms with van der Waals surface area (Å²) in [5.74, 6) is 0. The largest absolute Gasteiger partial charge is 0.486 e. The molecular formula is C23H39N22V7-7. The van der Waals surface area contributed by atoms with E-state index in [1.54, 1.807) is 72.6 Å². The summed E-state index contributed by atoms with van der Waals surface area (Å²) in [6.07, 6.45) is 24.9. The van der Waals surface area contributed by atoms with E-state index in [4.69, 9.17) is 0 Å². The molecule has 0 aromatic carbocycles. The summed E-state index contributed by atoms with van der Waals surface area (Å²) >= 11 is 0. The third kappa shape index (κ3) is 48.0. The van der Waals surface area contributed by atoms with E-state index in [1.807, 2.05) is 39.0 Å². The second kappa shape index (κ2) is 51.1. The molecule has 7 radical (unpaired) electrons. The van der Waals surface area contributed by atoms with E-state index in [-0.39, 0.29) is 152 Å². The van der Waals surface area contributed by atoms with E-state index in [1.165, 1.54) is 26.8 Å². The van der Waals surface area contributed by atoms with Crippen LogP contribution in [0.15, 0.2) is 56.3 Å². The average Bonchev–Trinajstić information content (AvgIpc) is 3.79. The van der Waals surface area contributed by atoms with Crippen LogP contribution in [0.1, 0.15) is 0 Å². The fourth-order valence-electron chi connectivity index (χ4n) is 1.70. The molecule has 0 aliphatic carbocycles. The minimum Gasteiger partial charge on any atom is -0.486 e. The molecule has 29 heteroatoms. The van der Waals surface area contributed by atoms with E-state index >= 15 is 0 Å². The van der Waals surface area contributed by atoms with Crippen molar-refractivity contribution in [2.45, 2.75) is 0 Å². The van der Waals surface area contributed by atoms with Gasteiger partial charge in [-0.3, -0.25) is 19.6 Å². The number of aromatic nitrogens is 22. The molecule has 0 N–H and O–H groups in total. The van der Waals surface area contributed by atoms with Crippen LogP contribution < -0.4 is 0 Å². The number of aryl methyl sites for hydroxylation is 7. The fraction of sp³-hybridized carbons (Fsp3) is 0.304. The zero-order chi connectivity index (χ0) is 30.8. The fourth-order valence-corrected chi connectivity index (χ4v) is 1.70. The molecule has 0 aliphatic rings. The predicted molar refractivity (Wildman–Crippen MR) is 159 cm³/mol. The summed E-state index contributed by atoms with van der Waals surface area (Å²) < 4.78 is 8.22. The Hall–Kier alpha value is -2.00. The van der Waals surface area contributed by atoms with Gasteiger partial charge in [0.25, 0.3) is 0 Å². The Balaban J connectivity index is -0.0000000479. The topological polar surface area (TPSA) is 228 Å². The van der Waals surface area contributed by atoms with Crippen LogP contribution in [-0.2, 0) is 179 Å². The molecule has 7 heterocycles. The molecule has 283 valence electrons. The first-order valence-corrected chi connectivity index (χ1v) is 11.4. The first kappa shape index (κ1) is 75.0. The van der Waals surface area contributed by atoms with Gasteiger partial charge in [0.2, 0.25) is 0 Å². The van der Waals surface area contributed by atoms with E-state index < -0.39 is 0 Å². The second-order valence-electron chi connectivity index (χ2n) is 7.16. The van der Waals surface area contributed by atoms with Gasteiger partial charge in [-0.05, 0) is 26.7 Å². The molecule has 7 aromatic rings. The van der Waals surface area contributed by atoms with Gasteiger partial charge in [0, 0.05) is 184 Å². The van der Waals surface area contributed by atoms with Crippen LogP contribution in [0.25, 0.3) is 0 Å². The molecule has 0 atom stereocenters. The predicted octanol–water partition coefficient (Wildman–Crippen LogP) is -1.37. The molecule has 0 unspecified atom stereocenters. The normalized spacial score (nSPS) is 7.13. The SMILES string of the molecule is Cn1[c-]nnc1.Cn1[c-]nnn1.Cn1ccnc1.Cn1ccnn1.Cn1cncn1.Cn1n[c-]cn1.Cn1n[c-]nn1.[CH3-].[CH3-].[CH3-].[V].[V].[V].[V].[V].[V].[V]. The van der Waals surface area contributed by atoms with E-state index in [0.29, 0.717) is 0 Å². The van der Waals surface area contributed by atoms with E-state index in [0.717, 1.165) is 0 Å². The quantitative estimate of drug-likeness (QED) is 0.160. The Labute approximate surface area is 388 Å². The number of nitrogens with zero attached hydrogens (tertiary/aromatic N) is 22. The van der Waals surface area contributed by atoms with Gasteiger partial charge in [-0.25, -0.2) is 37.3 Å². The summed E-state index contributed by atoms with van der Waals surface area (Å²) in [6.45, 7) is 0. The molecule has 0 fully saturated rings. The summed E-state index contributed by atoms with van der Waals surface area (Å²) in [7, 11) is 12.5. The Morgan fingerprint density at radius 2 is 1.21 bits per heavy atom. The first-order chi connectivity index (χ1) is 20.3. The molecule has 0 amide bonds. The standard InChI is InChI=1S/C4H6N2.C3H4N3.2C3H5N3.C3H4N3.2C2H3N4.3CH3.7V/c1-6-3-2-5-4-6;1-6-2-4-5-3-6;1-6-3-4-2-5-6;1-6-3-2-4-5-6;1-6-4-2-3-5-6;1-6-2-3-4-5-6;1-6-4-2-3-5-6;;;;;;;;;;/h2-4H,1H3;2H,1H3;2*2-3H,1H3;2H,1H3;2*1H3;3*1H3;;;;;;;/q;-1;;;6*-1;;;;;;;. The molecule has 0 saturated carbocycles. The summed E-state index contributed by atoms with van der Waals surface area (Å²) in [5.41, 5.74) is 0. The minimum absolute atomic E-state index is 0. The van der Waals surface area contributed by atoms with Gasteiger partial charge in [-0.2, -0.15) is 5.10 Å². The molecule has 52 heavy (non-hydrogen) atoms. The van der Waals surface area contributed by atoms with Crippen molar-refractivity contribution in [3.8, 4) is 0 Å². The van der Waals surface area contributed by atoms with Gasteiger partial charge in [-0.1, -0.05) is 20.9 Å². The van der Waals surface area contributed by atoms with E-state index in [9.17, 15) is 0 Å². The number of tetrazole rings is 2. The van der Waals surface area contributed by atoms with Crippen molar-refractivity contribution in [3.63, 3.8) is 0 Å². The molecule has 7 rings (SSSR count). The van der Waals surface area contributed by atoms with Gasteiger partial charge in [-0.15, -0.1) is 11.3 Å². The van der Waals surface area contributed by atoms with Crippen molar-refractivity contribution >= 4 is 0 Å². The van der Waals surface area contributed by atoms with Crippen LogP contribution in [0.4, 0.5) is 0 Å². The number of imidazole rings is 1. The maximum atomic E-state index is 3.78.